The molecule has 23 heavy (non-hydrogen) atoms. The van der Waals surface area contributed by atoms with E-state index in [4.69, 9.17) is 17.0 Å². The summed E-state index contributed by atoms with van der Waals surface area (Å²) in [6.07, 6.45) is 6.50. The van der Waals surface area contributed by atoms with Crippen LogP contribution in [0.5, 0.6) is 5.75 Å². The van der Waals surface area contributed by atoms with Crippen LogP contribution in [0, 0.1) is 0 Å². The fourth-order valence-corrected chi connectivity index (χ4v) is 4.57. The van der Waals surface area contributed by atoms with Gasteiger partial charge in [0, 0.05) is 0 Å². The molecule has 124 valence electrons. The Morgan fingerprint density at radius 3 is 2.52 bits per heavy atom. The number of benzene rings is 1. The van der Waals surface area contributed by atoms with Crippen LogP contribution in [0.25, 0.3) is 6.08 Å². The molecule has 1 N–H and O–H groups in total. The standard InChI is InChI=1S/C16H17Br2NO2S2/c1-2-3-4-5-6-21-14-11(17)7-10(8-12(14)18)9-13-15(20)19-16(22)23-13/h7-9H,2-6H2,1H3,(H,19,20,22)/b13-9+. The van der Waals surface area contributed by atoms with Gasteiger partial charge in [0.25, 0.3) is 5.91 Å². The number of thioether (sulfide) groups is 1. The number of amides is 1. The second kappa shape index (κ2) is 9.20. The normalized spacial score (nSPS) is 16.0. The van der Waals surface area contributed by atoms with Crippen molar-refractivity contribution >= 4 is 72.1 Å². The summed E-state index contributed by atoms with van der Waals surface area (Å²) in [5.74, 6) is 0.645. The zero-order valence-corrected chi connectivity index (χ0v) is 17.5. The third-order valence-corrected chi connectivity index (χ3v) is 5.55. The van der Waals surface area contributed by atoms with Gasteiger partial charge in [-0.1, -0.05) is 50.2 Å². The first kappa shape index (κ1) is 19.0. The van der Waals surface area contributed by atoms with Crippen molar-refractivity contribution in [1.29, 1.82) is 0 Å². The van der Waals surface area contributed by atoms with Crippen molar-refractivity contribution in [2.45, 2.75) is 32.6 Å². The van der Waals surface area contributed by atoms with E-state index in [1.54, 1.807) is 0 Å². The molecule has 0 aromatic heterocycles. The largest absolute Gasteiger partial charge is 0.491 e. The molecular formula is C16H17Br2NO2S2. The number of thiocarbonyl (C=S) groups is 1. The number of hydrogen-bond donors (Lipinski definition) is 1. The minimum atomic E-state index is -0.150. The van der Waals surface area contributed by atoms with Crippen LogP contribution < -0.4 is 10.1 Å². The number of halogens is 2. The second-order valence-corrected chi connectivity index (χ2v) is 8.50. The molecule has 0 aliphatic carbocycles. The van der Waals surface area contributed by atoms with Crippen molar-refractivity contribution in [3.05, 3.63) is 31.5 Å². The van der Waals surface area contributed by atoms with Crippen LogP contribution in [0.1, 0.15) is 38.2 Å². The molecule has 0 atom stereocenters. The Morgan fingerprint density at radius 1 is 1.26 bits per heavy atom. The van der Waals surface area contributed by atoms with Crippen molar-refractivity contribution in [1.82, 2.24) is 5.32 Å². The predicted molar refractivity (Wildman–Crippen MR) is 108 cm³/mol. The highest BCUT2D eigenvalue weighted by atomic mass is 79.9. The number of carbonyl (C=O) groups is 1. The smallest absolute Gasteiger partial charge is 0.263 e. The van der Waals surface area contributed by atoms with Crippen LogP contribution in [-0.2, 0) is 4.79 Å². The van der Waals surface area contributed by atoms with E-state index in [-0.39, 0.29) is 5.91 Å². The summed E-state index contributed by atoms with van der Waals surface area (Å²) in [5, 5.41) is 2.61. The molecule has 1 aromatic carbocycles. The summed E-state index contributed by atoms with van der Waals surface area (Å²) in [6, 6.07) is 3.88. The molecule has 0 saturated carbocycles. The third-order valence-electron chi connectivity index (χ3n) is 3.20. The lowest BCUT2D eigenvalue weighted by molar-refractivity contribution is -0.115. The van der Waals surface area contributed by atoms with E-state index < -0.39 is 0 Å². The van der Waals surface area contributed by atoms with E-state index >= 15 is 0 Å². The Hall–Kier alpha value is -0.370. The van der Waals surface area contributed by atoms with Crippen LogP contribution in [0.4, 0.5) is 0 Å². The van der Waals surface area contributed by atoms with Crippen molar-refractivity contribution in [3.8, 4) is 5.75 Å². The summed E-state index contributed by atoms with van der Waals surface area (Å²) in [5.41, 5.74) is 0.907. The van der Waals surface area contributed by atoms with Crippen LogP contribution in [0.15, 0.2) is 26.0 Å². The van der Waals surface area contributed by atoms with E-state index in [1.807, 2.05) is 18.2 Å². The average molecular weight is 479 g/mol. The molecule has 0 bridgehead atoms. The Bertz CT molecular complexity index is 624. The Kier molecular flexibility index (Phi) is 7.59. The van der Waals surface area contributed by atoms with Gasteiger partial charge in [-0.3, -0.25) is 4.79 Å². The van der Waals surface area contributed by atoms with Crippen molar-refractivity contribution in [2.24, 2.45) is 0 Å². The van der Waals surface area contributed by atoms with E-state index in [0.29, 0.717) is 15.8 Å². The van der Waals surface area contributed by atoms with Gasteiger partial charge < -0.3 is 10.1 Å². The van der Waals surface area contributed by atoms with Crippen molar-refractivity contribution in [2.75, 3.05) is 6.61 Å². The highest BCUT2D eigenvalue weighted by molar-refractivity contribution is 9.11. The average Bonchev–Trinajstić information content (AvgIpc) is 2.79. The highest BCUT2D eigenvalue weighted by Crippen LogP contribution is 2.36. The first-order chi connectivity index (χ1) is 11.0. The maximum absolute atomic E-state index is 11.7. The summed E-state index contributed by atoms with van der Waals surface area (Å²) in [4.78, 5) is 12.3. The van der Waals surface area contributed by atoms with E-state index in [1.165, 1.54) is 31.0 Å². The summed E-state index contributed by atoms with van der Waals surface area (Å²) < 4.78 is 8.07. The van der Waals surface area contributed by atoms with Crippen molar-refractivity contribution < 1.29 is 9.53 Å². The van der Waals surface area contributed by atoms with Gasteiger partial charge in [0.15, 0.2) is 0 Å². The molecule has 0 radical (unpaired) electrons. The molecule has 1 amide bonds. The van der Waals surface area contributed by atoms with Crippen LogP contribution in [-0.4, -0.2) is 16.8 Å². The maximum Gasteiger partial charge on any atom is 0.263 e. The minimum absolute atomic E-state index is 0.150. The lowest BCUT2D eigenvalue weighted by Gasteiger charge is -2.11. The van der Waals surface area contributed by atoms with Crippen LogP contribution >= 0.6 is 55.8 Å². The fourth-order valence-electron chi connectivity index (χ4n) is 2.08. The SMILES string of the molecule is CCCCCCOc1c(Br)cc(/C=C2/SC(=S)NC2=O)cc1Br. The summed E-state index contributed by atoms with van der Waals surface area (Å²) in [7, 11) is 0. The Morgan fingerprint density at radius 2 is 1.96 bits per heavy atom. The monoisotopic (exact) mass is 477 g/mol. The van der Waals surface area contributed by atoms with Gasteiger partial charge in [0.2, 0.25) is 0 Å². The number of unbranched alkanes of at least 4 members (excludes halogenated alkanes) is 3. The zero-order chi connectivity index (χ0) is 16.8. The fraction of sp³-hybridized carbons (Fsp3) is 0.375. The molecule has 1 aliphatic rings. The molecule has 2 rings (SSSR count). The van der Waals surface area contributed by atoms with E-state index in [9.17, 15) is 4.79 Å². The van der Waals surface area contributed by atoms with Gasteiger partial charge in [-0.05, 0) is 62.1 Å². The Labute approximate surface area is 162 Å². The van der Waals surface area contributed by atoms with Crippen LogP contribution in [0.2, 0.25) is 0 Å². The lowest BCUT2D eigenvalue weighted by Crippen LogP contribution is -2.17. The quantitative estimate of drug-likeness (QED) is 0.311. The summed E-state index contributed by atoms with van der Waals surface area (Å²) in [6.45, 7) is 2.89. The number of nitrogens with one attached hydrogen (secondary N) is 1. The molecule has 0 unspecified atom stereocenters. The van der Waals surface area contributed by atoms with Gasteiger partial charge in [-0.2, -0.15) is 0 Å². The lowest BCUT2D eigenvalue weighted by atomic mass is 10.2. The van der Waals surface area contributed by atoms with Gasteiger partial charge in [0.05, 0.1) is 20.5 Å². The maximum atomic E-state index is 11.7. The molecule has 1 fully saturated rings. The number of ether oxygens (including phenoxy) is 1. The minimum Gasteiger partial charge on any atom is -0.491 e. The first-order valence-corrected chi connectivity index (χ1v) is 10.2. The molecule has 0 spiro atoms. The number of hydrogen-bond acceptors (Lipinski definition) is 4. The molecule has 1 saturated heterocycles. The predicted octanol–water partition coefficient (Wildman–Crippen LogP) is 5.66. The van der Waals surface area contributed by atoms with Gasteiger partial charge in [0.1, 0.15) is 10.1 Å². The number of rotatable bonds is 7. The molecule has 1 heterocycles. The molecular weight excluding hydrogens is 462 g/mol. The topological polar surface area (TPSA) is 38.3 Å². The molecule has 1 aromatic rings. The van der Waals surface area contributed by atoms with Gasteiger partial charge >= 0.3 is 0 Å². The number of carbonyl (C=O) groups excluding carboxylic acids is 1. The Balaban J connectivity index is 2.06. The first-order valence-electron chi connectivity index (χ1n) is 7.38. The van der Waals surface area contributed by atoms with E-state index in [0.717, 1.165) is 26.7 Å². The van der Waals surface area contributed by atoms with Gasteiger partial charge in [-0.25, -0.2) is 0 Å². The van der Waals surface area contributed by atoms with E-state index in [2.05, 4.69) is 44.1 Å². The molecule has 1 aliphatic heterocycles. The van der Waals surface area contributed by atoms with Gasteiger partial charge in [-0.15, -0.1) is 0 Å². The second-order valence-electron chi connectivity index (χ2n) is 5.08. The third kappa shape index (κ3) is 5.59. The van der Waals surface area contributed by atoms with Crippen molar-refractivity contribution in [3.63, 3.8) is 0 Å². The zero-order valence-electron chi connectivity index (χ0n) is 12.7. The summed E-state index contributed by atoms with van der Waals surface area (Å²) >= 11 is 13.3. The molecule has 7 heteroatoms. The highest BCUT2D eigenvalue weighted by Gasteiger charge is 2.22. The van der Waals surface area contributed by atoms with Crippen LogP contribution in [0.3, 0.4) is 0 Å². The molecule has 3 nitrogen and oxygen atoms in total.